The molecule has 0 spiro atoms. The Balaban J connectivity index is 3.96. The van der Waals surface area contributed by atoms with Gasteiger partial charge in [-0.2, -0.15) is 0 Å². The lowest BCUT2D eigenvalue weighted by Crippen LogP contribution is -2.19. The minimum Gasteiger partial charge on any atom is -0.748 e. The van der Waals surface area contributed by atoms with E-state index < -0.39 is 63.3 Å². The van der Waals surface area contributed by atoms with Crippen LogP contribution in [0.5, 0.6) is 0 Å². The molecular weight excluding hydrogens is 282 g/mol. The molecule has 0 rings (SSSR count). The summed E-state index contributed by atoms with van der Waals surface area (Å²) in [7, 11) is -9.04. The summed E-state index contributed by atoms with van der Waals surface area (Å²) in [5.74, 6) is -5.04. The zero-order valence-electron chi connectivity index (χ0n) is 8.76. The van der Waals surface area contributed by atoms with Gasteiger partial charge in [0.2, 0.25) is 5.92 Å². The molecule has 17 heavy (non-hydrogen) atoms. The van der Waals surface area contributed by atoms with Gasteiger partial charge in [0.1, 0.15) is 0 Å². The summed E-state index contributed by atoms with van der Waals surface area (Å²) in [6.45, 7) is 0. The van der Waals surface area contributed by atoms with Crippen LogP contribution >= 0.6 is 0 Å². The summed E-state index contributed by atoms with van der Waals surface area (Å²) in [5, 5.41) is 0. The van der Waals surface area contributed by atoms with Crippen LogP contribution in [0.15, 0.2) is 0 Å². The van der Waals surface area contributed by atoms with E-state index in [0.29, 0.717) is 0 Å². The Morgan fingerprint density at radius 1 is 0.824 bits per heavy atom. The summed E-state index contributed by atoms with van der Waals surface area (Å²) in [4.78, 5) is 0. The molecule has 0 aromatic heterocycles. The van der Waals surface area contributed by atoms with Crippen molar-refractivity contribution in [2.75, 3.05) is 11.5 Å². The van der Waals surface area contributed by atoms with E-state index in [4.69, 9.17) is 0 Å². The predicted octanol–water partition coefficient (Wildman–Crippen LogP) is 0.273. The van der Waals surface area contributed by atoms with Crippen molar-refractivity contribution in [3.63, 3.8) is 0 Å². The Labute approximate surface area is 98.5 Å². The molecule has 0 N–H and O–H groups in total. The lowest BCUT2D eigenvalue weighted by atomic mass is 10.1. The first-order chi connectivity index (χ1) is 7.41. The Morgan fingerprint density at radius 2 is 1.12 bits per heavy atom. The maximum atomic E-state index is 13.0. The zero-order valence-corrected chi connectivity index (χ0v) is 10.4. The third kappa shape index (κ3) is 11.9. The van der Waals surface area contributed by atoms with E-state index in [1.54, 1.807) is 0 Å². The Hall–Kier alpha value is -0.320. The summed E-state index contributed by atoms with van der Waals surface area (Å²) < 4.78 is 86.8. The lowest BCUT2D eigenvalue weighted by molar-refractivity contribution is -0.0170. The van der Waals surface area contributed by atoms with Crippen molar-refractivity contribution >= 4 is 20.2 Å². The molecule has 0 fully saturated rings. The first-order valence-electron chi connectivity index (χ1n) is 4.66. The van der Waals surface area contributed by atoms with Crippen molar-refractivity contribution in [1.29, 1.82) is 0 Å². The average Bonchev–Trinajstić information content (AvgIpc) is 1.96. The van der Waals surface area contributed by atoms with Gasteiger partial charge in [-0.1, -0.05) is 0 Å². The molecule has 0 aromatic carbocycles. The van der Waals surface area contributed by atoms with Gasteiger partial charge in [0, 0.05) is 24.3 Å². The van der Waals surface area contributed by atoms with Crippen molar-refractivity contribution in [3.8, 4) is 0 Å². The Morgan fingerprint density at radius 3 is 1.35 bits per heavy atom. The fourth-order valence-electron chi connectivity index (χ4n) is 1.14. The number of hydrogen-bond acceptors (Lipinski definition) is 6. The van der Waals surface area contributed by atoms with E-state index in [2.05, 4.69) is 0 Å². The smallest absolute Gasteiger partial charge is 0.248 e. The van der Waals surface area contributed by atoms with Crippen molar-refractivity contribution in [2.24, 2.45) is 0 Å². The van der Waals surface area contributed by atoms with Crippen LogP contribution in [0.2, 0.25) is 0 Å². The quantitative estimate of drug-likeness (QED) is 0.593. The minimum atomic E-state index is -4.52. The van der Waals surface area contributed by atoms with Gasteiger partial charge in [0.15, 0.2) is 0 Å². The molecular formula is C7H12F2O6S2-2. The van der Waals surface area contributed by atoms with Crippen molar-refractivity contribution < 1.29 is 34.7 Å². The number of rotatable bonds is 8. The maximum Gasteiger partial charge on any atom is 0.248 e. The molecule has 0 aromatic rings. The van der Waals surface area contributed by atoms with Crippen LogP contribution in [0.25, 0.3) is 0 Å². The molecule has 0 aliphatic carbocycles. The SMILES string of the molecule is O=S(=O)([O-])CCCC(F)(F)CCCS(=O)(=O)[O-]. The maximum absolute atomic E-state index is 13.0. The van der Waals surface area contributed by atoms with Crippen LogP contribution in [0.4, 0.5) is 8.78 Å². The van der Waals surface area contributed by atoms with Crippen LogP contribution in [-0.2, 0) is 20.2 Å². The Kier molecular flexibility index (Phi) is 5.91. The molecule has 104 valence electrons. The molecule has 0 atom stereocenters. The van der Waals surface area contributed by atoms with Crippen LogP contribution < -0.4 is 0 Å². The number of alkyl halides is 2. The Bertz CT molecular complexity index is 387. The highest BCUT2D eigenvalue weighted by Gasteiger charge is 2.27. The third-order valence-electron chi connectivity index (χ3n) is 1.87. The highest BCUT2D eigenvalue weighted by molar-refractivity contribution is 7.85. The second-order valence-electron chi connectivity index (χ2n) is 3.59. The summed E-state index contributed by atoms with van der Waals surface area (Å²) in [5.41, 5.74) is 0. The summed E-state index contributed by atoms with van der Waals surface area (Å²) in [6, 6.07) is 0. The van der Waals surface area contributed by atoms with E-state index in [1.807, 2.05) is 0 Å². The van der Waals surface area contributed by atoms with Crippen LogP contribution in [0.3, 0.4) is 0 Å². The van der Waals surface area contributed by atoms with Gasteiger partial charge >= 0.3 is 0 Å². The molecule has 6 nitrogen and oxygen atoms in total. The second kappa shape index (κ2) is 6.03. The highest BCUT2D eigenvalue weighted by Crippen LogP contribution is 2.26. The van der Waals surface area contributed by atoms with Crippen LogP contribution in [0.1, 0.15) is 25.7 Å². The summed E-state index contributed by atoms with van der Waals surface area (Å²) >= 11 is 0. The third-order valence-corrected chi connectivity index (χ3v) is 3.45. The fourth-order valence-corrected chi connectivity index (χ4v) is 2.14. The monoisotopic (exact) mass is 294 g/mol. The molecule has 0 aliphatic heterocycles. The van der Waals surface area contributed by atoms with Crippen LogP contribution in [-0.4, -0.2) is 43.4 Å². The van der Waals surface area contributed by atoms with Gasteiger partial charge < -0.3 is 9.11 Å². The molecule has 0 bridgehead atoms. The standard InChI is InChI=1S/C7H14F2O6S2/c8-7(9,3-1-5-16(10,11)12)4-2-6-17(13,14)15/h1-6H2,(H,10,11,12)(H,13,14,15)/p-2. The largest absolute Gasteiger partial charge is 0.748 e. The minimum absolute atomic E-state index is 0.497. The molecule has 0 unspecified atom stereocenters. The molecule has 0 saturated heterocycles. The topological polar surface area (TPSA) is 114 Å². The molecule has 0 amide bonds. The second-order valence-corrected chi connectivity index (χ2v) is 6.63. The lowest BCUT2D eigenvalue weighted by Gasteiger charge is -2.17. The summed E-state index contributed by atoms with van der Waals surface area (Å²) in [6.07, 6.45) is -2.65. The number of halogens is 2. The first kappa shape index (κ1) is 16.7. The van der Waals surface area contributed by atoms with Gasteiger partial charge in [-0.25, -0.2) is 25.6 Å². The van der Waals surface area contributed by atoms with E-state index >= 15 is 0 Å². The number of hydrogen-bond donors (Lipinski definition) is 0. The first-order valence-corrected chi connectivity index (χ1v) is 7.82. The van der Waals surface area contributed by atoms with E-state index in [0.717, 1.165) is 0 Å². The van der Waals surface area contributed by atoms with Gasteiger partial charge in [-0.3, -0.25) is 0 Å². The van der Waals surface area contributed by atoms with Crippen molar-refractivity contribution in [3.05, 3.63) is 0 Å². The van der Waals surface area contributed by atoms with E-state index in [1.165, 1.54) is 0 Å². The van der Waals surface area contributed by atoms with Gasteiger partial charge in [0.25, 0.3) is 0 Å². The normalized spacial score (nSPS) is 13.9. The van der Waals surface area contributed by atoms with Gasteiger partial charge in [-0.05, 0) is 12.8 Å². The zero-order chi connectivity index (χ0) is 13.7. The molecule has 0 radical (unpaired) electrons. The predicted molar refractivity (Wildman–Crippen MR) is 52.5 cm³/mol. The molecule has 0 aliphatic rings. The van der Waals surface area contributed by atoms with E-state index in [-0.39, 0.29) is 0 Å². The van der Waals surface area contributed by atoms with Crippen molar-refractivity contribution in [1.82, 2.24) is 0 Å². The van der Waals surface area contributed by atoms with E-state index in [9.17, 15) is 34.7 Å². The molecule has 0 saturated carbocycles. The van der Waals surface area contributed by atoms with Crippen LogP contribution in [0, 0.1) is 0 Å². The molecule has 10 heteroatoms. The van der Waals surface area contributed by atoms with Gasteiger partial charge in [0.05, 0.1) is 20.2 Å². The highest BCUT2D eigenvalue weighted by atomic mass is 32.2. The van der Waals surface area contributed by atoms with Crippen molar-refractivity contribution in [2.45, 2.75) is 31.6 Å². The average molecular weight is 294 g/mol. The molecule has 0 heterocycles. The van der Waals surface area contributed by atoms with Gasteiger partial charge in [-0.15, -0.1) is 0 Å². The fraction of sp³-hybridized carbons (Fsp3) is 1.00.